The zero-order valence-corrected chi connectivity index (χ0v) is 11.8. The van der Waals surface area contributed by atoms with Gasteiger partial charge in [0.05, 0.1) is 0 Å². The second kappa shape index (κ2) is 6.12. The molecule has 2 aromatic rings. The molecule has 1 nitrogen and oxygen atoms in total. The Labute approximate surface area is 121 Å². The molecule has 0 heterocycles. The second-order valence-corrected chi connectivity index (χ2v) is 5.04. The summed E-state index contributed by atoms with van der Waals surface area (Å²) in [6.45, 7) is 3.94. The second-order valence-electron chi connectivity index (χ2n) is 5.04. The molecule has 0 N–H and O–H groups in total. The van der Waals surface area contributed by atoms with E-state index in [-0.39, 0.29) is 12.0 Å². The maximum absolute atomic E-state index is 13.1. The van der Waals surface area contributed by atoms with Crippen molar-refractivity contribution in [1.29, 1.82) is 0 Å². The van der Waals surface area contributed by atoms with E-state index in [0.29, 0.717) is 6.42 Å². The van der Waals surface area contributed by atoms with Gasteiger partial charge >= 0.3 is 0 Å². The third-order valence-electron chi connectivity index (χ3n) is 3.64. The minimum absolute atomic E-state index is 0.120. The highest BCUT2D eigenvalue weighted by Gasteiger charge is 2.15. The maximum atomic E-state index is 13.1. The molecule has 0 amide bonds. The number of benzene rings is 2. The van der Waals surface area contributed by atoms with Gasteiger partial charge in [-0.05, 0) is 49.1 Å². The van der Waals surface area contributed by atoms with Gasteiger partial charge in [-0.15, -0.1) is 0 Å². The molecule has 0 fully saturated rings. The van der Waals surface area contributed by atoms with E-state index < -0.39 is 23.2 Å². The van der Waals surface area contributed by atoms with E-state index in [1.165, 1.54) is 0 Å². The van der Waals surface area contributed by atoms with Crippen LogP contribution in [0.4, 0.5) is 13.2 Å². The summed E-state index contributed by atoms with van der Waals surface area (Å²) in [6.07, 6.45) is 0.599. The zero-order chi connectivity index (χ0) is 15.6. The fourth-order valence-electron chi connectivity index (χ4n) is 2.19. The van der Waals surface area contributed by atoms with Crippen molar-refractivity contribution in [2.24, 2.45) is 0 Å². The van der Waals surface area contributed by atoms with Crippen molar-refractivity contribution in [2.75, 3.05) is 0 Å². The van der Waals surface area contributed by atoms with E-state index in [9.17, 15) is 18.0 Å². The number of carbonyl (C=O) groups is 1. The van der Waals surface area contributed by atoms with E-state index >= 15 is 0 Å². The van der Waals surface area contributed by atoms with Gasteiger partial charge in [0.25, 0.3) is 0 Å². The van der Waals surface area contributed by atoms with Gasteiger partial charge in [0, 0.05) is 12.0 Å². The Morgan fingerprint density at radius 3 is 2.29 bits per heavy atom. The maximum Gasteiger partial charge on any atom is 0.194 e. The minimum atomic E-state index is -1.55. The van der Waals surface area contributed by atoms with Crippen LogP contribution in [0.3, 0.4) is 0 Å². The van der Waals surface area contributed by atoms with Crippen LogP contribution in [-0.2, 0) is 6.42 Å². The summed E-state index contributed by atoms with van der Waals surface area (Å²) in [5.41, 5.74) is 3.10. The summed E-state index contributed by atoms with van der Waals surface area (Å²) < 4.78 is 39.1. The molecule has 0 saturated heterocycles. The predicted molar refractivity (Wildman–Crippen MR) is 74.9 cm³/mol. The summed E-state index contributed by atoms with van der Waals surface area (Å²) in [6, 6.07) is 7.28. The van der Waals surface area contributed by atoms with E-state index in [0.717, 1.165) is 28.8 Å². The fourth-order valence-corrected chi connectivity index (χ4v) is 2.19. The standard InChI is InChI=1S/C17H15F3O/c1-10-4-3-5-12(11(10)2)6-7-16(21)13-8-14(18)17(20)15(19)9-13/h3-5,8-9H,6-7H2,1-2H3. The number of Topliss-reactive ketones (excluding diaryl/α,β-unsaturated/α-hetero) is 1. The van der Waals surface area contributed by atoms with Crippen molar-refractivity contribution in [3.8, 4) is 0 Å². The molecule has 2 rings (SSSR count). The Hall–Kier alpha value is -2.10. The van der Waals surface area contributed by atoms with Crippen LogP contribution in [0.15, 0.2) is 30.3 Å². The van der Waals surface area contributed by atoms with E-state index in [2.05, 4.69) is 0 Å². The van der Waals surface area contributed by atoms with Crippen LogP contribution in [0, 0.1) is 31.3 Å². The summed E-state index contributed by atoms with van der Waals surface area (Å²) >= 11 is 0. The van der Waals surface area contributed by atoms with Crippen molar-refractivity contribution >= 4 is 5.78 Å². The largest absolute Gasteiger partial charge is 0.294 e. The normalized spacial score (nSPS) is 10.7. The topological polar surface area (TPSA) is 17.1 Å². The highest BCUT2D eigenvalue weighted by Crippen LogP contribution is 2.18. The first kappa shape index (κ1) is 15.3. The summed E-state index contributed by atoms with van der Waals surface area (Å²) in [4.78, 5) is 12.0. The Kier molecular flexibility index (Phi) is 4.46. The lowest BCUT2D eigenvalue weighted by atomic mass is 9.97. The van der Waals surface area contributed by atoms with Crippen molar-refractivity contribution in [1.82, 2.24) is 0 Å². The van der Waals surface area contributed by atoms with Gasteiger partial charge in [0.2, 0.25) is 0 Å². The predicted octanol–water partition coefficient (Wildman–Crippen LogP) is 4.54. The molecule has 0 aliphatic rings. The van der Waals surface area contributed by atoms with Crippen LogP contribution >= 0.6 is 0 Å². The van der Waals surface area contributed by atoms with Gasteiger partial charge in [-0.1, -0.05) is 18.2 Å². The quantitative estimate of drug-likeness (QED) is 0.597. The van der Waals surface area contributed by atoms with Crippen LogP contribution in [0.2, 0.25) is 0 Å². The SMILES string of the molecule is Cc1cccc(CCC(=O)c2cc(F)c(F)c(F)c2)c1C. The molecular weight excluding hydrogens is 277 g/mol. The third kappa shape index (κ3) is 3.32. The van der Waals surface area contributed by atoms with Crippen molar-refractivity contribution < 1.29 is 18.0 Å². The molecule has 0 saturated carbocycles. The molecule has 0 aliphatic carbocycles. The lowest BCUT2D eigenvalue weighted by Crippen LogP contribution is -2.05. The first-order valence-electron chi connectivity index (χ1n) is 6.63. The van der Waals surface area contributed by atoms with Gasteiger partial charge < -0.3 is 0 Å². The van der Waals surface area contributed by atoms with Crippen molar-refractivity contribution in [3.63, 3.8) is 0 Å². The number of carbonyl (C=O) groups excluding carboxylic acids is 1. The minimum Gasteiger partial charge on any atom is -0.294 e. The molecule has 0 aromatic heterocycles. The first-order valence-corrected chi connectivity index (χ1v) is 6.63. The molecule has 2 aromatic carbocycles. The molecule has 0 unspecified atom stereocenters. The van der Waals surface area contributed by atoms with Crippen LogP contribution < -0.4 is 0 Å². The lowest BCUT2D eigenvalue weighted by molar-refractivity contribution is 0.0981. The smallest absolute Gasteiger partial charge is 0.194 e. The van der Waals surface area contributed by atoms with Gasteiger partial charge in [-0.2, -0.15) is 0 Å². The van der Waals surface area contributed by atoms with Crippen molar-refractivity contribution in [2.45, 2.75) is 26.7 Å². The fraction of sp³-hybridized carbons (Fsp3) is 0.235. The number of hydrogen-bond donors (Lipinski definition) is 0. The summed E-state index contributed by atoms with van der Waals surface area (Å²) in [7, 11) is 0. The van der Waals surface area contributed by atoms with E-state index in [1.807, 2.05) is 32.0 Å². The average molecular weight is 292 g/mol. The molecule has 0 bridgehead atoms. The zero-order valence-electron chi connectivity index (χ0n) is 11.8. The molecule has 0 atom stereocenters. The third-order valence-corrected chi connectivity index (χ3v) is 3.64. The molecule has 110 valence electrons. The molecule has 21 heavy (non-hydrogen) atoms. The number of aryl methyl sites for hydroxylation is 2. The van der Waals surface area contributed by atoms with Gasteiger partial charge in [-0.3, -0.25) is 4.79 Å². The van der Waals surface area contributed by atoms with E-state index in [4.69, 9.17) is 0 Å². The van der Waals surface area contributed by atoms with Crippen molar-refractivity contribution in [3.05, 3.63) is 70.0 Å². The number of rotatable bonds is 4. The van der Waals surface area contributed by atoms with Crippen LogP contribution in [0.25, 0.3) is 0 Å². The number of hydrogen-bond acceptors (Lipinski definition) is 1. The number of halogens is 3. The molecule has 0 radical (unpaired) electrons. The Morgan fingerprint density at radius 1 is 1.05 bits per heavy atom. The van der Waals surface area contributed by atoms with Crippen LogP contribution in [-0.4, -0.2) is 5.78 Å². The van der Waals surface area contributed by atoms with Crippen LogP contribution in [0.5, 0.6) is 0 Å². The monoisotopic (exact) mass is 292 g/mol. The Morgan fingerprint density at radius 2 is 1.67 bits per heavy atom. The highest BCUT2D eigenvalue weighted by molar-refractivity contribution is 5.96. The van der Waals surface area contributed by atoms with E-state index in [1.54, 1.807) is 0 Å². The molecule has 0 aliphatic heterocycles. The summed E-state index contributed by atoms with van der Waals surface area (Å²) in [5.74, 6) is -4.65. The first-order chi connectivity index (χ1) is 9.90. The highest BCUT2D eigenvalue weighted by atomic mass is 19.2. The molecule has 4 heteroatoms. The number of ketones is 1. The van der Waals surface area contributed by atoms with Crippen LogP contribution in [0.1, 0.15) is 33.5 Å². The van der Waals surface area contributed by atoms with Gasteiger partial charge in [-0.25, -0.2) is 13.2 Å². The summed E-state index contributed by atoms with van der Waals surface area (Å²) in [5, 5.41) is 0. The Bertz CT molecular complexity index is 669. The molecule has 0 spiro atoms. The average Bonchev–Trinajstić information content (AvgIpc) is 2.45. The van der Waals surface area contributed by atoms with Gasteiger partial charge in [0.15, 0.2) is 23.2 Å². The molecular formula is C17H15F3O. The Balaban J connectivity index is 2.14. The lowest BCUT2D eigenvalue weighted by Gasteiger charge is -2.08. The van der Waals surface area contributed by atoms with Gasteiger partial charge in [0.1, 0.15) is 0 Å².